The van der Waals surface area contributed by atoms with Crippen LogP contribution < -0.4 is 0 Å². The monoisotopic (exact) mass is 790 g/mol. The lowest BCUT2D eigenvalue weighted by molar-refractivity contribution is -0.145. The van der Waals surface area contributed by atoms with E-state index >= 15 is 0 Å². The predicted molar refractivity (Wildman–Crippen MR) is 203 cm³/mol. The molecule has 0 rings (SSSR count). The Hall–Kier alpha value is -0.720. The van der Waals surface area contributed by atoms with Gasteiger partial charge in [-0.3, -0.25) is 4.79 Å². The van der Waals surface area contributed by atoms with Gasteiger partial charge in [-0.1, -0.05) is 45.4 Å². The van der Waals surface area contributed by atoms with Crippen molar-refractivity contribution in [3.8, 4) is 0 Å². The van der Waals surface area contributed by atoms with Crippen molar-refractivity contribution in [2.75, 3.05) is 171 Å². The standard InChI is InChI=1S/C38H75ClO14/c1-2-3-4-5-8-11-38(40)53-37-36-52-35-34-51-33-32-50-31-30-49-29-28-48-27-26-47-25-24-46-23-22-45-21-20-44-19-18-43-17-16-42-15-14-41-13-10-7-6-9-12-39/h2-37H2,1H3. The zero-order valence-corrected chi connectivity index (χ0v) is 33.8. The fraction of sp³-hybridized carbons (Fsp3) is 0.974. The van der Waals surface area contributed by atoms with Crippen molar-refractivity contribution < 1.29 is 66.4 Å². The topological polar surface area (TPSA) is 137 Å². The van der Waals surface area contributed by atoms with Crippen LogP contribution in [0.3, 0.4) is 0 Å². The smallest absolute Gasteiger partial charge is 0.305 e. The van der Waals surface area contributed by atoms with Gasteiger partial charge in [0.25, 0.3) is 0 Å². The van der Waals surface area contributed by atoms with Gasteiger partial charge in [0.1, 0.15) is 6.61 Å². The number of rotatable bonds is 48. The molecule has 0 aromatic carbocycles. The third kappa shape index (κ3) is 49.3. The first-order valence-electron chi connectivity index (χ1n) is 20.0. The first-order chi connectivity index (χ1) is 26.3. The molecule has 0 aliphatic rings. The van der Waals surface area contributed by atoms with Crippen LogP contribution in [0.1, 0.15) is 71.1 Å². The molecular formula is C38H75ClO14. The van der Waals surface area contributed by atoms with Crippen LogP contribution in [-0.4, -0.2) is 177 Å². The van der Waals surface area contributed by atoms with Crippen LogP contribution in [0, 0.1) is 0 Å². The molecule has 14 nitrogen and oxygen atoms in total. The zero-order valence-electron chi connectivity index (χ0n) is 33.0. The number of halogens is 1. The largest absolute Gasteiger partial charge is 0.463 e. The Balaban J connectivity index is 3.08. The molecular weight excluding hydrogens is 716 g/mol. The Morgan fingerprint density at radius 2 is 0.585 bits per heavy atom. The second-order valence-corrected chi connectivity index (χ2v) is 12.2. The fourth-order valence-corrected chi connectivity index (χ4v) is 4.52. The van der Waals surface area contributed by atoms with Gasteiger partial charge in [-0.05, 0) is 19.3 Å². The molecule has 0 N–H and O–H groups in total. The molecule has 0 spiro atoms. The quantitative estimate of drug-likeness (QED) is 0.0470. The summed E-state index contributed by atoms with van der Waals surface area (Å²) in [7, 11) is 0. The number of unbranched alkanes of at least 4 members (excludes halogenated alkanes) is 7. The highest BCUT2D eigenvalue weighted by Gasteiger charge is 2.03. The molecule has 0 unspecified atom stereocenters. The van der Waals surface area contributed by atoms with Crippen molar-refractivity contribution >= 4 is 17.6 Å². The Labute approximate surface area is 325 Å². The molecule has 318 valence electrons. The maximum Gasteiger partial charge on any atom is 0.305 e. The summed E-state index contributed by atoms with van der Waals surface area (Å²) in [5.41, 5.74) is 0. The molecule has 0 fully saturated rings. The van der Waals surface area contributed by atoms with E-state index in [4.69, 9.17) is 73.2 Å². The zero-order chi connectivity index (χ0) is 38.2. The predicted octanol–water partition coefficient (Wildman–Crippen LogP) is 4.89. The van der Waals surface area contributed by atoms with E-state index in [1.54, 1.807) is 0 Å². The molecule has 53 heavy (non-hydrogen) atoms. The SMILES string of the molecule is CCCCCCCC(=O)OCCOCCOCCOCCOCCOCCOCCOCCOCCOCCOCCOCCOCCCCCCCl. The molecule has 0 atom stereocenters. The normalized spacial score (nSPS) is 11.5. The van der Waals surface area contributed by atoms with E-state index in [0.29, 0.717) is 158 Å². The number of ether oxygens (including phenoxy) is 13. The molecule has 0 aliphatic carbocycles. The van der Waals surface area contributed by atoms with Gasteiger partial charge in [0, 0.05) is 18.9 Å². The van der Waals surface area contributed by atoms with Crippen LogP contribution in [0.25, 0.3) is 0 Å². The van der Waals surface area contributed by atoms with E-state index in [1.807, 2.05) is 0 Å². The molecule has 0 radical (unpaired) electrons. The molecule has 0 aliphatic heterocycles. The lowest BCUT2D eigenvalue weighted by Crippen LogP contribution is -2.15. The molecule has 0 bridgehead atoms. The van der Waals surface area contributed by atoms with E-state index in [1.165, 1.54) is 25.7 Å². The Bertz CT molecular complexity index is 683. The molecule has 15 heteroatoms. The number of alkyl halides is 1. The van der Waals surface area contributed by atoms with Gasteiger partial charge >= 0.3 is 5.97 Å². The molecule has 0 amide bonds. The summed E-state index contributed by atoms with van der Waals surface area (Å²) >= 11 is 5.66. The highest BCUT2D eigenvalue weighted by molar-refractivity contribution is 6.17. The summed E-state index contributed by atoms with van der Waals surface area (Å²) < 4.78 is 71.0. The Kier molecular flexibility index (Phi) is 48.6. The van der Waals surface area contributed by atoms with E-state index in [-0.39, 0.29) is 12.6 Å². The second kappa shape index (κ2) is 49.3. The van der Waals surface area contributed by atoms with Crippen LogP contribution >= 0.6 is 11.6 Å². The number of esters is 1. The van der Waals surface area contributed by atoms with Crippen LogP contribution in [0.2, 0.25) is 0 Å². The Morgan fingerprint density at radius 3 is 0.906 bits per heavy atom. The van der Waals surface area contributed by atoms with Gasteiger partial charge in [-0.25, -0.2) is 0 Å². The Morgan fingerprint density at radius 1 is 0.321 bits per heavy atom. The van der Waals surface area contributed by atoms with Crippen LogP contribution in [0.15, 0.2) is 0 Å². The van der Waals surface area contributed by atoms with Crippen molar-refractivity contribution in [3.63, 3.8) is 0 Å². The van der Waals surface area contributed by atoms with E-state index < -0.39 is 0 Å². The maximum atomic E-state index is 11.6. The second-order valence-electron chi connectivity index (χ2n) is 11.8. The minimum absolute atomic E-state index is 0.148. The van der Waals surface area contributed by atoms with Gasteiger partial charge in [0.15, 0.2) is 0 Å². The van der Waals surface area contributed by atoms with Crippen molar-refractivity contribution in [1.82, 2.24) is 0 Å². The molecule has 0 aromatic rings. The van der Waals surface area contributed by atoms with Crippen molar-refractivity contribution in [1.29, 1.82) is 0 Å². The summed E-state index contributed by atoms with van der Waals surface area (Å²) in [5, 5.41) is 0. The summed E-state index contributed by atoms with van der Waals surface area (Å²) in [6, 6.07) is 0. The number of carbonyl (C=O) groups excluding carboxylic acids is 1. The van der Waals surface area contributed by atoms with E-state index in [9.17, 15) is 4.79 Å². The molecule has 0 saturated carbocycles. The van der Waals surface area contributed by atoms with Gasteiger partial charge in [0.05, 0.1) is 152 Å². The molecule has 0 heterocycles. The number of carbonyl (C=O) groups is 1. The highest BCUT2D eigenvalue weighted by Crippen LogP contribution is 2.05. The lowest BCUT2D eigenvalue weighted by Gasteiger charge is -2.09. The minimum Gasteiger partial charge on any atom is -0.463 e. The molecule has 0 aromatic heterocycles. The number of hydrogen-bond acceptors (Lipinski definition) is 14. The third-order valence-electron chi connectivity index (χ3n) is 7.24. The van der Waals surface area contributed by atoms with Gasteiger partial charge in [-0.2, -0.15) is 0 Å². The average molecular weight is 791 g/mol. The fourth-order valence-electron chi connectivity index (χ4n) is 4.33. The average Bonchev–Trinajstić information content (AvgIpc) is 3.16. The van der Waals surface area contributed by atoms with Crippen LogP contribution in [-0.2, 0) is 66.4 Å². The van der Waals surface area contributed by atoms with Gasteiger partial charge in [-0.15, -0.1) is 11.6 Å². The third-order valence-corrected chi connectivity index (χ3v) is 7.51. The van der Waals surface area contributed by atoms with Crippen molar-refractivity contribution in [2.24, 2.45) is 0 Å². The van der Waals surface area contributed by atoms with Crippen LogP contribution in [0.4, 0.5) is 0 Å². The van der Waals surface area contributed by atoms with Gasteiger partial charge < -0.3 is 61.6 Å². The van der Waals surface area contributed by atoms with Crippen molar-refractivity contribution in [2.45, 2.75) is 71.1 Å². The van der Waals surface area contributed by atoms with E-state index in [0.717, 1.165) is 44.6 Å². The lowest BCUT2D eigenvalue weighted by atomic mass is 10.1. The maximum absolute atomic E-state index is 11.6. The van der Waals surface area contributed by atoms with Crippen molar-refractivity contribution in [3.05, 3.63) is 0 Å². The van der Waals surface area contributed by atoms with Gasteiger partial charge in [0.2, 0.25) is 0 Å². The summed E-state index contributed by atoms with van der Waals surface area (Å²) in [6.45, 7) is 14.9. The minimum atomic E-state index is -0.148. The summed E-state index contributed by atoms with van der Waals surface area (Å²) in [5.74, 6) is 0.593. The summed E-state index contributed by atoms with van der Waals surface area (Å²) in [6.07, 6.45) is 10.6. The molecule has 0 saturated heterocycles. The summed E-state index contributed by atoms with van der Waals surface area (Å²) in [4.78, 5) is 11.6. The highest BCUT2D eigenvalue weighted by atomic mass is 35.5. The number of hydrogen-bond donors (Lipinski definition) is 0. The first-order valence-corrected chi connectivity index (χ1v) is 20.5. The van der Waals surface area contributed by atoms with Crippen LogP contribution in [0.5, 0.6) is 0 Å². The first kappa shape index (κ1) is 52.3. The van der Waals surface area contributed by atoms with E-state index in [2.05, 4.69) is 6.92 Å².